The normalized spacial score (nSPS) is 9.22. The predicted octanol–water partition coefficient (Wildman–Crippen LogP) is 2.57. The molecule has 2 N–H and O–H groups in total. The van der Waals surface area contributed by atoms with Gasteiger partial charge in [-0.2, -0.15) is 0 Å². The zero-order chi connectivity index (χ0) is 11.4. The number of aromatic nitrogens is 2. The molecule has 0 aliphatic carbocycles. The molecule has 0 amide bonds. The predicted molar refractivity (Wildman–Crippen MR) is 73.8 cm³/mol. The maximum absolute atomic E-state index is 6.04. The monoisotopic (exact) mass is 311 g/mol. The van der Waals surface area contributed by atoms with Gasteiger partial charge in [-0.05, 0) is 17.3 Å². The van der Waals surface area contributed by atoms with Gasteiger partial charge >= 0.3 is 0 Å². The van der Waals surface area contributed by atoms with E-state index in [1.54, 1.807) is 18.5 Å². The van der Waals surface area contributed by atoms with Crippen LogP contribution < -0.4 is 10.5 Å². The third-order valence-corrected chi connectivity index (χ3v) is 2.22. The molecule has 0 fully saturated rings. The Hall–Kier alpha value is -1.01. The van der Waals surface area contributed by atoms with Crippen molar-refractivity contribution in [2.24, 2.45) is 5.73 Å². The molecular formula is C10H12Cl3N3O2. The van der Waals surface area contributed by atoms with Crippen molar-refractivity contribution in [1.82, 2.24) is 10.1 Å². The molecule has 2 heterocycles. The van der Waals surface area contributed by atoms with E-state index in [4.69, 9.17) is 26.6 Å². The van der Waals surface area contributed by atoms with Crippen LogP contribution in [0.2, 0.25) is 5.02 Å². The van der Waals surface area contributed by atoms with Gasteiger partial charge in [-0.25, -0.2) is 0 Å². The van der Waals surface area contributed by atoms with Gasteiger partial charge in [0.05, 0.1) is 0 Å². The van der Waals surface area contributed by atoms with E-state index in [9.17, 15) is 0 Å². The standard InChI is InChI=1S/C10H10ClN3O2.2ClH/c11-8-9(7-2-1-4-13-6-7)16-14-10(8)15-5-3-12;;/h1-2,4,6H,3,5,12H2;2*1H. The lowest BCUT2D eigenvalue weighted by Gasteiger charge is -1.98. The molecule has 0 spiro atoms. The highest BCUT2D eigenvalue weighted by Gasteiger charge is 2.16. The summed E-state index contributed by atoms with van der Waals surface area (Å²) in [4.78, 5) is 3.97. The fourth-order valence-corrected chi connectivity index (χ4v) is 1.42. The van der Waals surface area contributed by atoms with E-state index in [0.717, 1.165) is 5.56 Å². The molecule has 0 radical (unpaired) electrons. The first-order valence-electron chi connectivity index (χ1n) is 4.71. The van der Waals surface area contributed by atoms with E-state index >= 15 is 0 Å². The molecule has 0 aliphatic heterocycles. The Bertz CT molecular complexity index is 465. The van der Waals surface area contributed by atoms with Crippen LogP contribution in [0.3, 0.4) is 0 Å². The van der Waals surface area contributed by atoms with Crippen molar-refractivity contribution in [3.05, 3.63) is 29.5 Å². The Morgan fingerprint density at radius 3 is 2.78 bits per heavy atom. The molecule has 2 aromatic rings. The molecule has 2 rings (SSSR count). The van der Waals surface area contributed by atoms with Gasteiger partial charge in [0.25, 0.3) is 5.88 Å². The fourth-order valence-electron chi connectivity index (χ4n) is 1.19. The smallest absolute Gasteiger partial charge is 0.273 e. The molecule has 0 aromatic carbocycles. The number of hydrogen-bond acceptors (Lipinski definition) is 5. The number of halogens is 3. The molecule has 0 unspecified atom stereocenters. The summed E-state index contributed by atoms with van der Waals surface area (Å²) in [6.45, 7) is 0.740. The number of nitrogens with zero attached hydrogens (tertiary/aromatic N) is 2. The Morgan fingerprint density at radius 1 is 1.39 bits per heavy atom. The van der Waals surface area contributed by atoms with Crippen LogP contribution in [0.25, 0.3) is 11.3 Å². The van der Waals surface area contributed by atoms with Crippen molar-refractivity contribution in [2.75, 3.05) is 13.2 Å². The number of pyridine rings is 1. The molecule has 2 aromatic heterocycles. The number of ether oxygens (including phenoxy) is 1. The highest BCUT2D eigenvalue weighted by atomic mass is 35.5. The van der Waals surface area contributed by atoms with Gasteiger partial charge in [0.1, 0.15) is 6.61 Å². The fraction of sp³-hybridized carbons (Fsp3) is 0.200. The molecule has 0 atom stereocenters. The summed E-state index contributed by atoms with van der Waals surface area (Å²) in [7, 11) is 0. The summed E-state index contributed by atoms with van der Waals surface area (Å²) in [5.41, 5.74) is 6.06. The van der Waals surface area contributed by atoms with Crippen molar-refractivity contribution in [2.45, 2.75) is 0 Å². The zero-order valence-electron chi connectivity index (χ0n) is 9.21. The number of hydrogen-bond donors (Lipinski definition) is 1. The maximum Gasteiger partial charge on any atom is 0.273 e. The van der Waals surface area contributed by atoms with Gasteiger partial charge in [-0.3, -0.25) is 4.98 Å². The van der Waals surface area contributed by atoms with Crippen LogP contribution in [0.4, 0.5) is 0 Å². The lowest BCUT2D eigenvalue weighted by atomic mass is 10.2. The molecule has 0 bridgehead atoms. The molecule has 0 aliphatic rings. The lowest BCUT2D eigenvalue weighted by Crippen LogP contribution is -2.10. The Balaban J connectivity index is 0.00000144. The molecule has 0 saturated heterocycles. The van der Waals surface area contributed by atoms with E-state index < -0.39 is 0 Å². The number of rotatable bonds is 4. The second kappa shape index (κ2) is 8.16. The summed E-state index contributed by atoms with van der Waals surface area (Å²) in [5.74, 6) is 0.702. The van der Waals surface area contributed by atoms with Gasteiger partial charge in [-0.1, -0.05) is 11.6 Å². The minimum absolute atomic E-state index is 0. The first kappa shape index (κ1) is 17.0. The minimum atomic E-state index is 0. The van der Waals surface area contributed by atoms with E-state index in [1.807, 2.05) is 6.07 Å². The maximum atomic E-state index is 6.04. The van der Waals surface area contributed by atoms with E-state index in [1.165, 1.54) is 0 Å². The van der Waals surface area contributed by atoms with Gasteiger partial charge in [-0.15, -0.1) is 24.8 Å². The topological polar surface area (TPSA) is 74.2 Å². The lowest BCUT2D eigenvalue weighted by molar-refractivity contribution is 0.288. The quantitative estimate of drug-likeness (QED) is 0.939. The third kappa shape index (κ3) is 3.74. The summed E-state index contributed by atoms with van der Waals surface area (Å²) >= 11 is 6.04. The van der Waals surface area contributed by atoms with E-state index in [-0.39, 0.29) is 30.7 Å². The molecule has 100 valence electrons. The molecule has 0 saturated carbocycles. The average Bonchev–Trinajstić information content (AvgIpc) is 2.69. The van der Waals surface area contributed by atoms with Crippen LogP contribution in [0.15, 0.2) is 29.0 Å². The largest absolute Gasteiger partial charge is 0.473 e. The minimum Gasteiger partial charge on any atom is -0.473 e. The Kier molecular flexibility index (Phi) is 7.70. The zero-order valence-corrected chi connectivity index (χ0v) is 11.6. The average molecular weight is 313 g/mol. The van der Waals surface area contributed by atoms with Crippen LogP contribution in [0.5, 0.6) is 5.88 Å². The highest BCUT2D eigenvalue weighted by Crippen LogP contribution is 2.34. The Labute approximate surface area is 121 Å². The third-order valence-electron chi connectivity index (χ3n) is 1.89. The van der Waals surface area contributed by atoms with Crippen LogP contribution in [0.1, 0.15) is 0 Å². The van der Waals surface area contributed by atoms with Crippen LogP contribution in [-0.4, -0.2) is 23.3 Å². The molecule has 18 heavy (non-hydrogen) atoms. The number of nitrogens with two attached hydrogens (primary N) is 1. The summed E-state index contributed by atoms with van der Waals surface area (Å²) in [6, 6.07) is 3.61. The second-order valence-corrected chi connectivity index (χ2v) is 3.39. The molecule has 8 heteroatoms. The van der Waals surface area contributed by atoms with Gasteiger partial charge < -0.3 is 15.0 Å². The first-order valence-corrected chi connectivity index (χ1v) is 5.09. The summed E-state index contributed by atoms with van der Waals surface area (Å²) in [5, 5.41) is 4.05. The highest BCUT2D eigenvalue weighted by molar-refractivity contribution is 6.34. The van der Waals surface area contributed by atoms with Crippen molar-refractivity contribution < 1.29 is 9.26 Å². The molecular weight excluding hydrogens is 300 g/mol. The van der Waals surface area contributed by atoms with Crippen LogP contribution >= 0.6 is 36.4 Å². The van der Waals surface area contributed by atoms with Crippen LogP contribution in [0, 0.1) is 0 Å². The van der Waals surface area contributed by atoms with Crippen molar-refractivity contribution >= 4 is 36.4 Å². The molecule has 5 nitrogen and oxygen atoms in total. The SMILES string of the molecule is Cl.Cl.NCCOc1noc(-c2cccnc2)c1Cl. The van der Waals surface area contributed by atoms with Crippen molar-refractivity contribution in [1.29, 1.82) is 0 Å². The van der Waals surface area contributed by atoms with Gasteiger partial charge in [0.2, 0.25) is 0 Å². The first-order chi connectivity index (χ1) is 7.83. The van der Waals surface area contributed by atoms with Crippen molar-refractivity contribution in [3.8, 4) is 17.2 Å². The second-order valence-electron chi connectivity index (χ2n) is 3.01. The van der Waals surface area contributed by atoms with E-state index in [2.05, 4.69) is 10.1 Å². The summed E-state index contributed by atoms with van der Waals surface area (Å²) < 4.78 is 10.3. The van der Waals surface area contributed by atoms with Crippen molar-refractivity contribution in [3.63, 3.8) is 0 Å². The van der Waals surface area contributed by atoms with Crippen LogP contribution in [-0.2, 0) is 0 Å². The van der Waals surface area contributed by atoms with E-state index in [0.29, 0.717) is 23.9 Å². The summed E-state index contributed by atoms with van der Waals surface area (Å²) in [6.07, 6.45) is 3.30. The van der Waals surface area contributed by atoms with Gasteiger partial charge in [0, 0.05) is 24.5 Å². The Morgan fingerprint density at radius 2 is 2.17 bits per heavy atom. The van der Waals surface area contributed by atoms with Gasteiger partial charge in [0.15, 0.2) is 10.8 Å².